The van der Waals surface area contributed by atoms with Crippen LogP contribution in [0.4, 0.5) is 5.69 Å². The van der Waals surface area contributed by atoms with Crippen LogP contribution >= 0.6 is 0 Å². The summed E-state index contributed by atoms with van der Waals surface area (Å²) in [5.41, 5.74) is 2.87. The van der Waals surface area contributed by atoms with E-state index in [1.165, 1.54) is 17.7 Å². The zero-order valence-corrected chi connectivity index (χ0v) is 11.2. The molecule has 0 amide bonds. The van der Waals surface area contributed by atoms with Crippen molar-refractivity contribution in [2.24, 2.45) is 5.92 Å². The Labute approximate surface area is 105 Å². The largest absolute Gasteiger partial charge is 0.372 e. The molecule has 0 aliphatic heterocycles. The minimum absolute atomic E-state index is 0.799. The van der Waals surface area contributed by atoms with E-state index in [-0.39, 0.29) is 0 Å². The van der Waals surface area contributed by atoms with Crippen LogP contribution in [-0.2, 0) is 0 Å². The van der Waals surface area contributed by atoms with Gasteiger partial charge in [-0.2, -0.15) is 0 Å². The average molecular weight is 232 g/mol. The average Bonchev–Trinajstić information content (AvgIpc) is 3.11. The third-order valence-corrected chi connectivity index (χ3v) is 3.84. The van der Waals surface area contributed by atoms with Gasteiger partial charge in [-0.1, -0.05) is 12.1 Å². The molecule has 0 saturated heterocycles. The number of rotatable bonds is 6. The van der Waals surface area contributed by atoms with Gasteiger partial charge in [0.25, 0.3) is 0 Å². The van der Waals surface area contributed by atoms with Crippen molar-refractivity contribution < 1.29 is 0 Å². The molecule has 1 saturated carbocycles. The van der Waals surface area contributed by atoms with Crippen LogP contribution < -0.4 is 10.2 Å². The van der Waals surface area contributed by atoms with E-state index in [0.29, 0.717) is 0 Å². The fourth-order valence-electron chi connectivity index (χ4n) is 2.66. The SMILES string of the molecule is CCN(CC)c1ccc([C@@H]2C[C@H]2CNC)cc1. The lowest BCUT2D eigenvalue weighted by molar-refractivity contribution is 0.698. The van der Waals surface area contributed by atoms with E-state index >= 15 is 0 Å². The molecule has 0 aromatic heterocycles. The Hall–Kier alpha value is -1.02. The highest BCUT2D eigenvalue weighted by Gasteiger charge is 2.37. The van der Waals surface area contributed by atoms with Crippen LogP contribution in [0.15, 0.2) is 24.3 Å². The maximum atomic E-state index is 3.27. The van der Waals surface area contributed by atoms with Crippen molar-refractivity contribution in [3.8, 4) is 0 Å². The van der Waals surface area contributed by atoms with Gasteiger partial charge in [0.05, 0.1) is 0 Å². The van der Waals surface area contributed by atoms with Gasteiger partial charge in [0.15, 0.2) is 0 Å². The Kier molecular flexibility index (Phi) is 4.06. The summed E-state index contributed by atoms with van der Waals surface area (Å²) in [6.07, 6.45) is 1.35. The zero-order valence-electron chi connectivity index (χ0n) is 11.2. The third-order valence-electron chi connectivity index (χ3n) is 3.84. The van der Waals surface area contributed by atoms with Crippen molar-refractivity contribution in [3.05, 3.63) is 29.8 Å². The topological polar surface area (TPSA) is 15.3 Å². The van der Waals surface area contributed by atoms with Crippen molar-refractivity contribution in [2.45, 2.75) is 26.2 Å². The molecule has 2 heteroatoms. The van der Waals surface area contributed by atoms with E-state index in [1.807, 2.05) is 7.05 Å². The van der Waals surface area contributed by atoms with Crippen LogP contribution in [0.1, 0.15) is 31.7 Å². The lowest BCUT2D eigenvalue weighted by Gasteiger charge is -2.21. The molecule has 0 unspecified atom stereocenters. The van der Waals surface area contributed by atoms with Gasteiger partial charge in [-0.3, -0.25) is 0 Å². The molecule has 1 N–H and O–H groups in total. The van der Waals surface area contributed by atoms with Crippen LogP contribution in [-0.4, -0.2) is 26.7 Å². The molecule has 17 heavy (non-hydrogen) atoms. The maximum absolute atomic E-state index is 3.27. The summed E-state index contributed by atoms with van der Waals surface area (Å²) in [5, 5.41) is 3.27. The number of anilines is 1. The Morgan fingerprint density at radius 1 is 1.18 bits per heavy atom. The normalized spacial score (nSPS) is 22.5. The van der Waals surface area contributed by atoms with Gasteiger partial charge in [0.2, 0.25) is 0 Å². The fourth-order valence-corrected chi connectivity index (χ4v) is 2.66. The zero-order chi connectivity index (χ0) is 12.3. The second-order valence-electron chi connectivity index (χ2n) is 4.92. The molecule has 1 aliphatic rings. The lowest BCUT2D eigenvalue weighted by atomic mass is 10.1. The van der Waals surface area contributed by atoms with Crippen molar-refractivity contribution >= 4 is 5.69 Å². The standard InChI is InChI=1S/C15H24N2/c1-4-17(5-2)14-8-6-12(7-9-14)15-10-13(15)11-16-3/h6-9,13,15-16H,4-5,10-11H2,1-3H3/t13-,15-/m0/s1. The smallest absolute Gasteiger partial charge is 0.0366 e. The molecule has 1 aromatic rings. The summed E-state index contributed by atoms with van der Waals surface area (Å²) >= 11 is 0. The number of benzene rings is 1. The molecule has 0 radical (unpaired) electrons. The first kappa shape index (κ1) is 12.4. The van der Waals surface area contributed by atoms with Gasteiger partial charge in [-0.05, 0) is 63.4 Å². The van der Waals surface area contributed by atoms with Crippen molar-refractivity contribution in [3.63, 3.8) is 0 Å². The molecule has 1 aromatic carbocycles. The van der Waals surface area contributed by atoms with Crippen LogP contribution in [0.2, 0.25) is 0 Å². The predicted molar refractivity (Wildman–Crippen MR) is 74.8 cm³/mol. The minimum Gasteiger partial charge on any atom is -0.372 e. The van der Waals surface area contributed by atoms with E-state index in [9.17, 15) is 0 Å². The molecule has 1 fully saturated rings. The highest BCUT2D eigenvalue weighted by Crippen LogP contribution is 2.47. The first-order valence-electron chi connectivity index (χ1n) is 6.79. The number of nitrogens with one attached hydrogen (secondary N) is 1. The first-order valence-corrected chi connectivity index (χ1v) is 6.79. The Balaban J connectivity index is 1.99. The van der Waals surface area contributed by atoms with Crippen LogP contribution in [0.3, 0.4) is 0 Å². The third kappa shape index (κ3) is 2.81. The maximum Gasteiger partial charge on any atom is 0.0366 e. The minimum atomic E-state index is 0.799. The molecule has 1 aliphatic carbocycles. The summed E-state index contributed by atoms with van der Waals surface area (Å²) in [4.78, 5) is 2.39. The molecule has 2 rings (SSSR count). The van der Waals surface area contributed by atoms with E-state index in [0.717, 1.165) is 31.5 Å². The highest BCUT2D eigenvalue weighted by molar-refractivity contribution is 5.48. The monoisotopic (exact) mass is 232 g/mol. The van der Waals surface area contributed by atoms with Crippen molar-refractivity contribution in [1.82, 2.24) is 5.32 Å². The van der Waals surface area contributed by atoms with Crippen molar-refractivity contribution in [1.29, 1.82) is 0 Å². The van der Waals surface area contributed by atoms with Gasteiger partial charge < -0.3 is 10.2 Å². The van der Waals surface area contributed by atoms with E-state index in [2.05, 4.69) is 48.3 Å². The molecule has 2 nitrogen and oxygen atoms in total. The van der Waals surface area contributed by atoms with E-state index in [1.54, 1.807) is 0 Å². The van der Waals surface area contributed by atoms with Gasteiger partial charge in [-0.15, -0.1) is 0 Å². The second kappa shape index (κ2) is 5.54. The summed E-state index contributed by atoms with van der Waals surface area (Å²) in [5.74, 6) is 1.66. The molecule has 0 spiro atoms. The molecular weight excluding hydrogens is 208 g/mol. The summed E-state index contributed by atoms with van der Waals surface area (Å²) < 4.78 is 0. The first-order chi connectivity index (χ1) is 8.30. The summed E-state index contributed by atoms with van der Waals surface area (Å²) in [6.45, 7) is 7.74. The number of nitrogens with zero attached hydrogens (tertiary/aromatic N) is 1. The van der Waals surface area contributed by atoms with Gasteiger partial charge in [0.1, 0.15) is 0 Å². The molecule has 0 bridgehead atoms. The van der Waals surface area contributed by atoms with Crippen LogP contribution in [0.25, 0.3) is 0 Å². The highest BCUT2D eigenvalue weighted by atomic mass is 15.1. The Morgan fingerprint density at radius 2 is 1.82 bits per heavy atom. The van der Waals surface area contributed by atoms with Crippen molar-refractivity contribution in [2.75, 3.05) is 31.6 Å². The quantitative estimate of drug-likeness (QED) is 0.811. The summed E-state index contributed by atoms with van der Waals surface area (Å²) in [7, 11) is 2.04. The van der Waals surface area contributed by atoms with Gasteiger partial charge >= 0.3 is 0 Å². The number of hydrogen-bond donors (Lipinski definition) is 1. The Bertz CT molecular complexity index is 340. The predicted octanol–water partition coefficient (Wildman–Crippen LogP) is 2.86. The van der Waals surface area contributed by atoms with Crippen LogP contribution in [0.5, 0.6) is 0 Å². The van der Waals surface area contributed by atoms with E-state index < -0.39 is 0 Å². The van der Waals surface area contributed by atoms with Gasteiger partial charge in [-0.25, -0.2) is 0 Å². The molecular formula is C15H24N2. The molecule has 0 heterocycles. The fraction of sp³-hybridized carbons (Fsp3) is 0.600. The number of hydrogen-bond acceptors (Lipinski definition) is 2. The summed E-state index contributed by atoms with van der Waals surface area (Å²) in [6, 6.07) is 9.18. The van der Waals surface area contributed by atoms with E-state index in [4.69, 9.17) is 0 Å². The second-order valence-corrected chi connectivity index (χ2v) is 4.92. The lowest BCUT2D eigenvalue weighted by Crippen LogP contribution is -2.21. The molecule has 94 valence electrons. The Morgan fingerprint density at radius 3 is 2.35 bits per heavy atom. The van der Waals surface area contributed by atoms with Gasteiger partial charge in [0, 0.05) is 18.8 Å². The van der Waals surface area contributed by atoms with Crippen LogP contribution in [0, 0.1) is 5.92 Å². The molecule has 2 atom stereocenters.